The summed E-state index contributed by atoms with van der Waals surface area (Å²) in [6.07, 6.45) is 3.61. The van der Waals surface area contributed by atoms with Gasteiger partial charge in [0.2, 0.25) is 5.91 Å². The van der Waals surface area contributed by atoms with E-state index in [4.69, 9.17) is 4.98 Å². The van der Waals surface area contributed by atoms with Crippen LogP contribution in [0.5, 0.6) is 0 Å². The SMILES string of the molecule is Cc1cc(N2CCN(C(=O)/C=C/c3ccc(C(C)C)cc3)CC2)nc2c(C)cccc12. The van der Waals surface area contributed by atoms with Crippen LogP contribution in [0.2, 0.25) is 0 Å². The lowest BCUT2D eigenvalue weighted by Crippen LogP contribution is -2.48. The molecule has 4 rings (SSSR count). The molecule has 0 unspecified atom stereocenters. The molecule has 160 valence electrons. The predicted molar refractivity (Wildman–Crippen MR) is 130 cm³/mol. The minimum atomic E-state index is 0.0751. The molecule has 31 heavy (non-hydrogen) atoms. The lowest BCUT2D eigenvalue weighted by atomic mass is 10.0. The number of hydrogen-bond donors (Lipinski definition) is 0. The number of aryl methyl sites for hydroxylation is 2. The largest absolute Gasteiger partial charge is 0.353 e. The summed E-state index contributed by atoms with van der Waals surface area (Å²) in [5, 5.41) is 1.21. The van der Waals surface area contributed by atoms with E-state index in [0.29, 0.717) is 19.0 Å². The van der Waals surface area contributed by atoms with Crippen LogP contribution in [0, 0.1) is 13.8 Å². The number of carbonyl (C=O) groups excluding carboxylic acids is 1. The Morgan fingerprint density at radius 3 is 2.35 bits per heavy atom. The second-order valence-corrected chi connectivity index (χ2v) is 8.74. The molecule has 1 aliphatic heterocycles. The summed E-state index contributed by atoms with van der Waals surface area (Å²) in [7, 11) is 0. The molecule has 1 saturated heterocycles. The molecule has 4 heteroatoms. The Kier molecular flexibility index (Phi) is 6.08. The van der Waals surface area contributed by atoms with Crippen molar-refractivity contribution < 1.29 is 4.79 Å². The number of para-hydroxylation sites is 1. The average molecular weight is 414 g/mol. The summed E-state index contributed by atoms with van der Waals surface area (Å²) < 4.78 is 0. The first kappa shape index (κ1) is 21.1. The summed E-state index contributed by atoms with van der Waals surface area (Å²) in [6, 6.07) is 16.9. The van der Waals surface area contributed by atoms with Crippen molar-refractivity contribution in [3.05, 3.63) is 76.9 Å². The van der Waals surface area contributed by atoms with Gasteiger partial charge in [-0.2, -0.15) is 0 Å². The van der Waals surface area contributed by atoms with Crippen molar-refractivity contribution in [2.75, 3.05) is 31.1 Å². The van der Waals surface area contributed by atoms with Crippen LogP contribution < -0.4 is 4.90 Å². The van der Waals surface area contributed by atoms with Crippen LogP contribution in [-0.4, -0.2) is 42.0 Å². The number of rotatable bonds is 4. The number of piperazine rings is 1. The molecule has 2 aromatic carbocycles. The molecule has 2 heterocycles. The zero-order chi connectivity index (χ0) is 22.0. The normalized spacial score (nSPS) is 14.7. The van der Waals surface area contributed by atoms with Gasteiger partial charge < -0.3 is 9.80 Å². The molecule has 3 aromatic rings. The molecule has 0 N–H and O–H groups in total. The summed E-state index contributed by atoms with van der Waals surface area (Å²) in [4.78, 5) is 21.8. The van der Waals surface area contributed by atoms with Crippen molar-refractivity contribution in [2.45, 2.75) is 33.6 Å². The van der Waals surface area contributed by atoms with Crippen LogP contribution in [0.4, 0.5) is 5.82 Å². The van der Waals surface area contributed by atoms with E-state index in [1.807, 2.05) is 11.0 Å². The van der Waals surface area contributed by atoms with E-state index in [1.165, 1.54) is 22.1 Å². The topological polar surface area (TPSA) is 36.4 Å². The van der Waals surface area contributed by atoms with Gasteiger partial charge in [0.25, 0.3) is 0 Å². The van der Waals surface area contributed by atoms with Crippen molar-refractivity contribution in [1.29, 1.82) is 0 Å². The molecule has 4 nitrogen and oxygen atoms in total. The van der Waals surface area contributed by atoms with Gasteiger partial charge in [0, 0.05) is 37.6 Å². The highest BCUT2D eigenvalue weighted by atomic mass is 16.2. The zero-order valence-corrected chi connectivity index (χ0v) is 18.9. The highest BCUT2D eigenvalue weighted by Gasteiger charge is 2.21. The Morgan fingerprint density at radius 1 is 0.968 bits per heavy atom. The Morgan fingerprint density at radius 2 is 1.68 bits per heavy atom. The van der Waals surface area contributed by atoms with E-state index in [0.717, 1.165) is 30.0 Å². The molecular formula is C27H31N3O. The number of amides is 1. The minimum absolute atomic E-state index is 0.0751. The van der Waals surface area contributed by atoms with E-state index >= 15 is 0 Å². The molecule has 0 saturated carbocycles. The van der Waals surface area contributed by atoms with Crippen molar-refractivity contribution in [1.82, 2.24) is 9.88 Å². The lowest BCUT2D eigenvalue weighted by Gasteiger charge is -2.35. The van der Waals surface area contributed by atoms with Gasteiger partial charge in [-0.3, -0.25) is 4.79 Å². The van der Waals surface area contributed by atoms with Gasteiger partial charge >= 0.3 is 0 Å². The fourth-order valence-corrected chi connectivity index (χ4v) is 4.13. The molecule has 1 amide bonds. The molecule has 0 radical (unpaired) electrons. The number of benzene rings is 2. The quantitative estimate of drug-likeness (QED) is 0.542. The third-order valence-corrected chi connectivity index (χ3v) is 6.17. The standard InChI is InChI=1S/C27H31N3O/c1-19(2)23-11-8-22(9-12-23)10-13-26(31)30-16-14-29(15-17-30)25-18-21(4)24-7-5-6-20(3)27(24)28-25/h5-13,18-19H,14-17H2,1-4H3/b13-10+. The number of fused-ring (bicyclic) bond motifs is 1. The maximum Gasteiger partial charge on any atom is 0.246 e. The van der Waals surface area contributed by atoms with Gasteiger partial charge in [0.1, 0.15) is 5.82 Å². The maximum absolute atomic E-state index is 12.7. The van der Waals surface area contributed by atoms with E-state index in [-0.39, 0.29) is 5.91 Å². The summed E-state index contributed by atoms with van der Waals surface area (Å²) in [6.45, 7) is 11.6. The third kappa shape index (κ3) is 4.63. The summed E-state index contributed by atoms with van der Waals surface area (Å²) in [5.74, 6) is 1.60. The van der Waals surface area contributed by atoms with Crippen LogP contribution >= 0.6 is 0 Å². The number of nitrogens with zero attached hydrogens (tertiary/aromatic N) is 3. The smallest absolute Gasteiger partial charge is 0.246 e. The van der Waals surface area contributed by atoms with Gasteiger partial charge in [-0.25, -0.2) is 4.98 Å². The van der Waals surface area contributed by atoms with E-state index in [1.54, 1.807) is 6.08 Å². The zero-order valence-electron chi connectivity index (χ0n) is 18.9. The molecule has 1 fully saturated rings. The summed E-state index contributed by atoms with van der Waals surface area (Å²) in [5.41, 5.74) is 5.88. The van der Waals surface area contributed by atoms with Gasteiger partial charge in [-0.1, -0.05) is 56.3 Å². The fourth-order valence-electron chi connectivity index (χ4n) is 4.13. The van der Waals surface area contributed by atoms with Crippen molar-refractivity contribution in [2.24, 2.45) is 0 Å². The van der Waals surface area contributed by atoms with Crippen molar-refractivity contribution >= 4 is 28.7 Å². The number of aromatic nitrogens is 1. The van der Waals surface area contributed by atoms with Gasteiger partial charge in [0.15, 0.2) is 0 Å². The molecule has 1 aliphatic rings. The van der Waals surface area contributed by atoms with Gasteiger partial charge in [-0.15, -0.1) is 0 Å². The van der Waals surface area contributed by atoms with Crippen LogP contribution in [0.3, 0.4) is 0 Å². The van der Waals surface area contributed by atoms with Crippen LogP contribution in [0.1, 0.15) is 42.0 Å². The van der Waals surface area contributed by atoms with E-state index in [2.05, 4.69) is 81.1 Å². The number of hydrogen-bond acceptors (Lipinski definition) is 3. The Balaban J connectivity index is 1.40. The first-order chi connectivity index (χ1) is 14.9. The Labute approximate surface area is 185 Å². The van der Waals surface area contributed by atoms with Crippen molar-refractivity contribution in [3.8, 4) is 0 Å². The van der Waals surface area contributed by atoms with Crippen LogP contribution in [0.25, 0.3) is 17.0 Å². The number of pyridine rings is 1. The molecule has 0 aliphatic carbocycles. The van der Waals surface area contributed by atoms with E-state index < -0.39 is 0 Å². The maximum atomic E-state index is 12.7. The number of anilines is 1. The lowest BCUT2D eigenvalue weighted by molar-refractivity contribution is -0.126. The van der Waals surface area contributed by atoms with Crippen LogP contribution in [0.15, 0.2) is 54.6 Å². The molecular weight excluding hydrogens is 382 g/mol. The van der Waals surface area contributed by atoms with Crippen molar-refractivity contribution in [3.63, 3.8) is 0 Å². The van der Waals surface area contributed by atoms with Crippen LogP contribution in [-0.2, 0) is 4.79 Å². The molecule has 0 atom stereocenters. The minimum Gasteiger partial charge on any atom is -0.353 e. The Bertz CT molecular complexity index is 1110. The molecule has 0 spiro atoms. The monoisotopic (exact) mass is 413 g/mol. The first-order valence-electron chi connectivity index (χ1n) is 11.1. The highest BCUT2D eigenvalue weighted by molar-refractivity contribution is 5.92. The highest BCUT2D eigenvalue weighted by Crippen LogP contribution is 2.25. The second-order valence-electron chi connectivity index (χ2n) is 8.74. The number of carbonyl (C=O) groups is 1. The molecule has 1 aromatic heterocycles. The predicted octanol–water partition coefficient (Wildman–Crippen LogP) is 5.34. The second kappa shape index (κ2) is 8.93. The summed E-state index contributed by atoms with van der Waals surface area (Å²) >= 11 is 0. The average Bonchev–Trinajstić information content (AvgIpc) is 2.78. The molecule has 0 bridgehead atoms. The van der Waals surface area contributed by atoms with Gasteiger partial charge in [-0.05, 0) is 54.2 Å². The fraction of sp³-hybridized carbons (Fsp3) is 0.333. The van der Waals surface area contributed by atoms with Gasteiger partial charge in [0.05, 0.1) is 5.52 Å². The van der Waals surface area contributed by atoms with E-state index in [9.17, 15) is 4.79 Å². The first-order valence-corrected chi connectivity index (χ1v) is 11.1. The third-order valence-electron chi connectivity index (χ3n) is 6.17. The Hall–Kier alpha value is -3.14.